The maximum Gasteiger partial charge on any atom is 0.225 e. The minimum absolute atomic E-state index is 0.0120. The Labute approximate surface area is 160 Å². The van der Waals surface area contributed by atoms with Gasteiger partial charge in [0.05, 0.1) is 19.3 Å². The Balaban J connectivity index is 1.53. The Hall–Kier alpha value is -2.15. The molecular weight excluding hydrogens is 342 g/mol. The Kier molecular flexibility index (Phi) is 7.04. The number of nitrogens with one attached hydrogen (secondary N) is 2. The average Bonchev–Trinajstić information content (AvgIpc) is 3.09. The van der Waals surface area contributed by atoms with E-state index in [1.165, 1.54) is 0 Å². The monoisotopic (exact) mass is 371 g/mol. The summed E-state index contributed by atoms with van der Waals surface area (Å²) in [5, 5.41) is 6.44. The van der Waals surface area contributed by atoms with Crippen molar-refractivity contribution in [3.8, 4) is 0 Å². The first-order chi connectivity index (χ1) is 13.1. The van der Waals surface area contributed by atoms with Crippen LogP contribution >= 0.6 is 0 Å². The zero-order valence-electron chi connectivity index (χ0n) is 16.1. The molecular formula is C21H29N3O3. The van der Waals surface area contributed by atoms with Crippen LogP contribution in [0.15, 0.2) is 46.9 Å². The van der Waals surface area contributed by atoms with E-state index in [0.29, 0.717) is 6.42 Å². The van der Waals surface area contributed by atoms with Gasteiger partial charge in [-0.1, -0.05) is 18.2 Å². The maximum atomic E-state index is 12.2. The highest BCUT2D eigenvalue weighted by Crippen LogP contribution is 2.23. The summed E-state index contributed by atoms with van der Waals surface area (Å²) in [6, 6.07) is 13.8. The van der Waals surface area contributed by atoms with E-state index in [0.717, 1.165) is 50.1 Å². The van der Waals surface area contributed by atoms with Gasteiger partial charge in [-0.3, -0.25) is 9.69 Å². The molecule has 2 aromatic rings. The van der Waals surface area contributed by atoms with E-state index in [2.05, 4.69) is 15.5 Å². The number of furan rings is 1. The molecule has 1 aromatic carbocycles. The second-order valence-corrected chi connectivity index (χ2v) is 7.04. The number of ether oxygens (including phenoxy) is 1. The number of rotatable bonds is 8. The SMILES string of the molecule is Cc1ccc(C(CNC(C)CC(=O)Nc2ccccc2)N2CCOCC2)o1. The van der Waals surface area contributed by atoms with Crippen LogP contribution in [0.25, 0.3) is 0 Å². The van der Waals surface area contributed by atoms with E-state index in [1.807, 2.05) is 56.3 Å². The molecule has 2 N–H and O–H groups in total. The van der Waals surface area contributed by atoms with Gasteiger partial charge in [0.15, 0.2) is 0 Å². The highest BCUT2D eigenvalue weighted by atomic mass is 16.5. The number of hydrogen-bond donors (Lipinski definition) is 2. The molecule has 0 aliphatic carbocycles. The fraction of sp³-hybridized carbons (Fsp3) is 0.476. The summed E-state index contributed by atoms with van der Waals surface area (Å²) >= 11 is 0. The number of aryl methyl sites for hydroxylation is 1. The number of carbonyl (C=O) groups excluding carboxylic acids is 1. The van der Waals surface area contributed by atoms with Crippen molar-refractivity contribution in [2.24, 2.45) is 0 Å². The number of nitrogens with zero attached hydrogens (tertiary/aromatic N) is 1. The lowest BCUT2D eigenvalue weighted by molar-refractivity contribution is -0.116. The molecule has 6 nitrogen and oxygen atoms in total. The van der Waals surface area contributed by atoms with Gasteiger partial charge in [-0.15, -0.1) is 0 Å². The molecule has 0 spiro atoms. The molecule has 0 bridgehead atoms. The summed E-state index contributed by atoms with van der Waals surface area (Å²) in [4.78, 5) is 14.6. The normalized spacial score (nSPS) is 17.4. The highest BCUT2D eigenvalue weighted by molar-refractivity contribution is 5.90. The second-order valence-electron chi connectivity index (χ2n) is 7.04. The largest absolute Gasteiger partial charge is 0.465 e. The lowest BCUT2D eigenvalue weighted by Crippen LogP contribution is -2.44. The molecule has 3 rings (SSSR count). The first-order valence-corrected chi connectivity index (χ1v) is 9.58. The summed E-state index contributed by atoms with van der Waals surface area (Å²) in [6.07, 6.45) is 0.419. The van der Waals surface area contributed by atoms with E-state index in [9.17, 15) is 4.79 Å². The van der Waals surface area contributed by atoms with Gasteiger partial charge in [0.2, 0.25) is 5.91 Å². The molecule has 0 radical (unpaired) electrons. The molecule has 146 valence electrons. The van der Waals surface area contributed by atoms with Gasteiger partial charge in [0, 0.05) is 37.8 Å². The molecule has 2 unspecified atom stereocenters. The molecule has 1 aromatic heterocycles. The maximum absolute atomic E-state index is 12.2. The van der Waals surface area contributed by atoms with Crippen molar-refractivity contribution in [3.05, 3.63) is 54.0 Å². The van der Waals surface area contributed by atoms with E-state index in [1.54, 1.807) is 0 Å². The van der Waals surface area contributed by atoms with Crippen LogP contribution in [-0.2, 0) is 9.53 Å². The summed E-state index contributed by atoms with van der Waals surface area (Å²) in [7, 11) is 0. The lowest BCUT2D eigenvalue weighted by Gasteiger charge is -2.34. The number of carbonyl (C=O) groups is 1. The number of benzene rings is 1. The van der Waals surface area contributed by atoms with Crippen molar-refractivity contribution in [1.29, 1.82) is 0 Å². The van der Waals surface area contributed by atoms with Crippen LogP contribution < -0.4 is 10.6 Å². The lowest BCUT2D eigenvalue weighted by atomic mass is 10.1. The topological polar surface area (TPSA) is 66.7 Å². The summed E-state index contributed by atoms with van der Waals surface area (Å²) in [6.45, 7) is 7.98. The molecule has 1 aliphatic rings. The number of morpholine rings is 1. The molecule has 27 heavy (non-hydrogen) atoms. The summed E-state index contributed by atoms with van der Waals surface area (Å²) in [5.41, 5.74) is 0.826. The smallest absolute Gasteiger partial charge is 0.225 e. The fourth-order valence-electron chi connectivity index (χ4n) is 3.33. The van der Waals surface area contributed by atoms with Crippen molar-refractivity contribution in [3.63, 3.8) is 0 Å². The number of para-hydroxylation sites is 1. The van der Waals surface area contributed by atoms with Crippen LogP contribution in [0.1, 0.15) is 30.9 Å². The predicted molar refractivity (Wildman–Crippen MR) is 106 cm³/mol. The van der Waals surface area contributed by atoms with Crippen LogP contribution in [0.3, 0.4) is 0 Å². The Bertz CT molecular complexity index is 710. The predicted octanol–water partition coefficient (Wildman–Crippen LogP) is 2.97. The molecule has 2 heterocycles. The van der Waals surface area contributed by atoms with Gasteiger partial charge in [-0.2, -0.15) is 0 Å². The summed E-state index contributed by atoms with van der Waals surface area (Å²) < 4.78 is 11.4. The first kappa shape index (κ1) is 19.6. The highest BCUT2D eigenvalue weighted by Gasteiger charge is 2.25. The van der Waals surface area contributed by atoms with Crippen LogP contribution in [0, 0.1) is 6.92 Å². The van der Waals surface area contributed by atoms with Gasteiger partial charge in [-0.05, 0) is 38.1 Å². The Morgan fingerprint density at radius 1 is 1.15 bits per heavy atom. The Morgan fingerprint density at radius 3 is 2.56 bits per heavy atom. The molecule has 1 amide bonds. The van der Waals surface area contributed by atoms with Crippen LogP contribution in [0.5, 0.6) is 0 Å². The van der Waals surface area contributed by atoms with Crippen molar-refractivity contribution in [1.82, 2.24) is 10.2 Å². The van der Waals surface area contributed by atoms with Crippen molar-refractivity contribution in [2.75, 3.05) is 38.2 Å². The third-order valence-electron chi connectivity index (χ3n) is 4.78. The second kappa shape index (κ2) is 9.69. The molecule has 1 aliphatic heterocycles. The van der Waals surface area contributed by atoms with Crippen molar-refractivity contribution in [2.45, 2.75) is 32.4 Å². The molecule has 2 atom stereocenters. The molecule has 1 saturated heterocycles. The zero-order chi connectivity index (χ0) is 19.1. The van der Waals surface area contributed by atoms with E-state index in [-0.39, 0.29) is 18.0 Å². The number of hydrogen-bond acceptors (Lipinski definition) is 5. The van der Waals surface area contributed by atoms with Gasteiger partial charge < -0.3 is 19.8 Å². The van der Waals surface area contributed by atoms with Crippen LogP contribution in [-0.4, -0.2) is 49.7 Å². The first-order valence-electron chi connectivity index (χ1n) is 9.58. The van der Waals surface area contributed by atoms with Crippen LogP contribution in [0.2, 0.25) is 0 Å². The van der Waals surface area contributed by atoms with Crippen molar-refractivity contribution < 1.29 is 13.9 Å². The summed E-state index contributed by atoms with van der Waals surface area (Å²) in [5.74, 6) is 1.89. The third kappa shape index (κ3) is 5.92. The number of anilines is 1. The minimum atomic E-state index is 0.0120. The molecule has 1 fully saturated rings. The quantitative estimate of drug-likeness (QED) is 0.747. The van der Waals surface area contributed by atoms with E-state index < -0.39 is 0 Å². The number of amides is 1. The standard InChI is InChI=1S/C21H29N3O3/c1-16(14-21(25)23-18-6-4-3-5-7-18)22-15-19(20-9-8-17(2)27-20)24-10-12-26-13-11-24/h3-9,16,19,22H,10-15H2,1-2H3,(H,23,25). The van der Waals surface area contributed by atoms with Gasteiger partial charge in [0.1, 0.15) is 11.5 Å². The minimum Gasteiger partial charge on any atom is -0.465 e. The van der Waals surface area contributed by atoms with Gasteiger partial charge in [-0.25, -0.2) is 0 Å². The van der Waals surface area contributed by atoms with Gasteiger partial charge >= 0.3 is 0 Å². The van der Waals surface area contributed by atoms with Crippen molar-refractivity contribution >= 4 is 11.6 Å². The zero-order valence-corrected chi connectivity index (χ0v) is 16.1. The third-order valence-corrected chi connectivity index (χ3v) is 4.78. The average molecular weight is 371 g/mol. The Morgan fingerprint density at radius 2 is 1.89 bits per heavy atom. The van der Waals surface area contributed by atoms with Crippen LogP contribution in [0.4, 0.5) is 5.69 Å². The van der Waals surface area contributed by atoms with Gasteiger partial charge in [0.25, 0.3) is 0 Å². The molecule has 0 saturated carbocycles. The van der Waals surface area contributed by atoms with E-state index in [4.69, 9.17) is 9.15 Å². The molecule has 6 heteroatoms. The fourth-order valence-corrected chi connectivity index (χ4v) is 3.33. The van der Waals surface area contributed by atoms with E-state index >= 15 is 0 Å².